The van der Waals surface area contributed by atoms with Crippen LogP contribution in [0.1, 0.15) is 78.4 Å². The fourth-order valence-electron chi connectivity index (χ4n) is 5.54. The van der Waals surface area contributed by atoms with Gasteiger partial charge in [-0.05, 0) is 68.4 Å². The number of ketones is 1. The van der Waals surface area contributed by atoms with E-state index in [0.717, 1.165) is 11.1 Å². The number of ether oxygens (including phenoxy) is 1. The number of carbonyl (C=O) groups is 5. The van der Waals surface area contributed by atoms with Crippen molar-refractivity contribution >= 4 is 29.4 Å². The Morgan fingerprint density at radius 2 is 1.02 bits per heavy atom. The summed E-state index contributed by atoms with van der Waals surface area (Å²) in [4.78, 5) is 66.4. The van der Waals surface area contributed by atoms with Crippen LogP contribution in [0, 0.1) is 11.8 Å². The van der Waals surface area contributed by atoms with Crippen LogP contribution in [0.4, 0.5) is 0 Å². The van der Waals surface area contributed by atoms with E-state index in [1.807, 2.05) is 88.4 Å². The fourth-order valence-corrected chi connectivity index (χ4v) is 5.54. The molecular formula is C37H52N4O6. The Morgan fingerprint density at radius 3 is 1.45 bits per heavy atom. The normalized spacial score (nSPS) is 18.0. The molecule has 10 heteroatoms. The summed E-state index contributed by atoms with van der Waals surface area (Å²) in [6, 6.07) is 15.8. The first-order valence-corrected chi connectivity index (χ1v) is 16.7. The zero-order valence-electron chi connectivity index (χ0n) is 28.6. The zero-order valence-corrected chi connectivity index (χ0v) is 28.6. The summed E-state index contributed by atoms with van der Waals surface area (Å²) < 4.78 is 5.39. The quantitative estimate of drug-likeness (QED) is 0.171. The number of carbonyl (C=O) groups excluding carboxylic acids is 5. The van der Waals surface area contributed by atoms with Crippen molar-refractivity contribution in [3.8, 4) is 0 Å². The molecule has 0 spiro atoms. The summed E-state index contributed by atoms with van der Waals surface area (Å²) in [6.45, 7) is 11.2. The van der Waals surface area contributed by atoms with E-state index in [9.17, 15) is 24.0 Å². The number of amides is 4. The number of aryl methyl sites for hydroxylation is 2. The van der Waals surface area contributed by atoms with Gasteiger partial charge in [-0.15, -0.1) is 0 Å². The van der Waals surface area contributed by atoms with Crippen molar-refractivity contribution in [3.63, 3.8) is 0 Å². The van der Waals surface area contributed by atoms with Gasteiger partial charge in [-0.2, -0.15) is 0 Å². The third-order valence-corrected chi connectivity index (χ3v) is 8.23. The lowest BCUT2D eigenvalue weighted by Gasteiger charge is -2.28. The van der Waals surface area contributed by atoms with Gasteiger partial charge < -0.3 is 26.0 Å². The summed E-state index contributed by atoms with van der Waals surface area (Å²) in [5, 5.41) is 11.4. The van der Waals surface area contributed by atoms with Crippen LogP contribution < -0.4 is 21.3 Å². The highest BCUT2D eigenvalue weighted by Gasteiger charge is 2.50. The van der Waals surface area contributed by atoms with Crippen molar-refractivity contribution in [3.05, 3.63) is 71.8 Å². The monoisotopic (exact) mass is 648 g/mol. The number of epoxide rings is 1. The van der Waals surface area contributed by atoms with Crippen LogP contribution in [0.25, 0.3) is 0 Å². The molecular weight excluding hydrogens is 596 g/mol. The summed E-state index contributed by atoms with van der Waals surface area (Å²) >= 11 is 0. The van der Waals surface area contributed by atoms with Crippen molar-refractivity contribution in [2.24, 2.45) is 11.8 Å². The van der Waals surface area contributed by atoms with Crippen LogP contribution in [0.2, 0.25) is 0 Å². The molecule has 1 aliphatic rings. The highest BCUT2D eigenvalue weighted by atomic mass is 16.6. The Morgan fingerprint density at radius 1 is 0.638 bits per heavy atom. The highest BCUT2D eigenvalue weighted by molar-refractivity contribution is 5.98. The van der Waals surface area contributed by atoms with E-state index in [0.29, 0.717) is 38.7 Å². The maximum absolute atomic E-state index is 13.9. The van der Waals surface area contributed by atoms with E-state index >= 15 is 0 Å². The smallest absolute Gasteiger partial charge is 0.243 e. The Bertz CT molecular complexity index is 1340. The lowest BCUT2D eigenvalue weighted by Crippen LogP contribution is -2.58. The molecule has 0 bridgehead atoms. The molecule has 256 valence electrons. The van der Waals surface area contributed by atoms with Crippen molar-refractivity contribution < 1.29 is 28.7 Å². The molecule has 0 radical (unpaired) electrons. The Kier molecular flexibility index (Phi) is 14.1. The number of rotatable bonds is 19. The summed E-state index contributed by atoms with van der Waals surface area (Å²) in [5.74, 6) is -1.80. The number of hydrogen-bond acceptors (Lipinski definition) is 6. The molecule has 1 saturated heterocycles. The second-order valence-electron chi connectivity index (χ2n) is 13.6. The fraction of sp³-hybridized carbons (Fsp3) is 0.541. The average molecular weight is 649 g/mol. The van der Waals surface area contributed by atoms with Gasteiger partial charge in [0.25, 0.3) is 0 Å². The minimum absolute atomic E-state index is 0.0403. The third-order valence-electron chi connectivity index (χ3n) is 8.23. The second kappa shape index (κ2) is 17.8. The van der Waals surface area contributed by atoms with Crippen LogP contribution in [-0.4, -0.2) is 65.8 Å². The number of benzene rings is 2. The van der Waals surface area contributed by atoms with E-state index in [2.05, 4.69) is 21.3 Å². The minimum atomic E-state index is -0.964. The van der Waals surface area contributed by atoms with E-state index in [4.69, 9.17) is 4.74 Å². The van der Waals surface area contributed by atoms with Crippen LogP contribution >= 0.6 is 0 Å². The summed E-state index contributed by atoms with van der Waals surface area (Å²) in [7, 11) is 0. The molecule has 0 aliphatic carbocycles. The van der Waals surface area contributed by atoms with Crippen molar-refractivity contribution in [1.29, 1.82) is 0 Å². The van der Waals surface area contributed by atoms with Gasteiger partial charge in [-0.3, -0.25) is 24.0 Å². The van der Waals surface area contributed by atoms with E-state index in [1.54, 1.807) is 6.92 Å². The Balaban J connectivity index is 1.79. The van der Waals surface area contributed by atoms with Crippen molar-refractivity contribution in [1.82, 2.24) is 21.3 Å². The molecule has 1 fully saturated rings. The first-order valence-electron chi connectivity index (χ1n) is 16.7. The maximum atomic E-state index is 13.9. The molecule has 4 amide bonds. The van der Waals surface area contributed by atoms with Gasteiger partial charge in [-0.1, -0.05) is 88.4 Å². The SMILES string of the molecule is CC(=O)N[C@@H](CCc1ccccc1)C(=O)N[C@@H](CC(C)C)C(=O)N[C@@H](CCc1ccccc1)C(=O)N[C@@H](CC(C)C)C(=O)C1(C)CO1. The van der Waals surface area contributed by atoms with E-state index < -0.39 is 47.5 Å². The molecule has 1 unspecified atom stereocenters. The molecule has 2 aromatic rings. The molecule has 0 aromatic heterocycles. The molecule has 10 nitrogen and oxygen atoms in total. The predicted octanol–water partition coefficient (Wildman–Crippen LogP) is 3.66. The van der Waals surface area contributed by atoms with Crippen LogP contribution in [0.5, 0.6) is 0 Å². The van der Waals surface area contributed by atoms with Crippen LogP contribution in [0.15, 0.2) is 60.7 Å². The molecule has 1 heterocycles. The predicted molar refractivity (Wildman–Crippen MR) is 181 cm³/mol. The summed E-state index contributed by atoms with van der Waals surface area (Å²) in [5.41, 5.74) is 1.11. The lowest BCUT2D eigenvalue weighted by atomic mass is 9.93. The van der Waals surface area contributed by atoms with Crippen LogP contribution in [0.3, 0.4) is 0 Å². The van der Waals surface area contributed by atoms with E-state index in [-0.39, 0.29) is 29.9 Å². The number of Topliss-reactive ketones (excluding diaryl/α,β-unsaturated/α-hetero) is 1. The third kappa shape index (κ3) is 12.6. The highest BCUT2D eigenvalue weighted by Crippen LogP contribution is 2.29. The zero-order chi connectivity index (χ0) is 34.6. The molecule has 4 N–H and O–H groups in total. The van der Waals surface area contributed by atoms with Crippen molar-refractivity contribution in [2.75, 3.05) is 6.61 Å². The lowest BCUT2D eigenvalue weighted by molar-refractivity contribution is -0.135. The molecule has 1 aliphatic heterocycles. The first-order chi connectivity index (χ1) is 22.3. The van der Waals surface area contributed by atoms with E-state index in [1.165, 1.54) is 6.92 Å². The Labute approximate surface area is 279 Å². The number of hydrogen-bond donors (Lipinski definition) is 4. The number of nitrogens with one attached hydrogen (secondary N) is 4. The minimum Gasteiger partial charge on any atom is -0.361 e. The van der Waals surface area contributed by atoms with Gasteiger partial charge in [0.05, 0.1) is 12.6 Å². The van der Waals surface area contributed by atoms with Gasteiger partial charge in [0.1, 0.15) is 23.7 Å². The first kappa shape index (κ1) is 37.4. The second-order valence-corrected chi connectivity index (χ2v) is 13.6. The maximum Gasteiger partial charge on any atom is 0.243 e. The van der Waals surface area contributed by atoms with Gasteiger partial charge in [0.15, 0.2) is 5.78 Å². The largest absolute Gasteiger partial charge is 0.361 e. The molecule has 47 heavy (non-hydrogen) atoms. The van der Waals surface area contributed by atoms with Gasteiger partial charge >= 0.3 is 0 Å². The molecule has 2 aromatic carbocycles. The van der Waals surface area contributed by atoms with Gasteiger partial charge in [-0.25, -0.2) is 0 Å². The summed E-state index contributed by atoms with van der Waals surface area (Å²) in [6.07, 6.45) is 2.45. The average Bonchev–Trinajstić information content (AvgIpc) is 3.78. The Hall–Kier alpha value is -4.05. The van der Waals surface area contributed by atoms with Crippen LogP contribution in [-0.2, 0) is 41.6 Å². The van der Waals surface area contributed by atoms with Crippen molar-refractivity contribution in [2.45, 2.75) is 110 Å². The topological polar surface area (TPSA) is 146 Å². The standard InChI is InChI=1S/C37H52N4O6/c1-24(2)21-31(33(43)37(6)23-47-37)40-35(45)30(20-18-28-15-11-8-12-16-28)39-36(46)32(22-25(3)4)41-34(44)29(38-26(5)42)19-17-27-13-9-7-10-14-27/h7-16,24-25,29-32H,17-23H2,1-6H3,(H,38,42)(H,39,46)(H,40,45)(H,41,44)/t29-,30-,31-,32-,37?/m0/s1. The van der Waals surface area contributed by atoms with Gasteiger partial charge in [0.2, 0.25) is 23.6 Å². The molecule has 0 saturated carbocycles. The molecule has 5 atom stereocenters. The molecule has 3 rings (SSSR count). The van der Waals surface area contributed by atoms with Gasteiger partial charge in [0, 0.05) is 6.92 Å².